The summed E-state index contributed by atoms with van der Waals surface area (Å²) in [6, 6.07) is 0. The number of rotatable bonds is 0. The zero-order valence-corrected chi connectivity index (χ0v) is 8.06. The van der Waals surface area contributed by atoms with Crippen molar-refractivity contribution in [3.63, 3.8) is 0 Å². The quantitative estimate of drug-likeness (QED) is 0.608. The molecule has 1 aliphatic heterocycles. The van der Waals surface area contributed by atoms with Crippen LogP contribution in [0.4, 0.5) is 0 Å². The predicted molar refractivity (Wildman–Crippen MR) is 46.0 cm³/mol. The van der Waals surface area contributed by atoms with Gasteiger partial charge in [0.1, 0.15) is 6.10 Å². The van der Waals surface area contributed by atoms with E-state index in [0.717, 1.165) is 6.42 Å². The van der Waals surface area contributed by atoms with Gasteiger partial charge in [0.05, 0.1) is 12.2 Å². The van der Waals surface area contributed by atoms with Crippen molar-refractivity contribution < 1.29 is 14.6 Å². The van der Waals surface area contributed by atoms with E-state index in [1.807, 2.05) is 13.8 Å². The topological polar surface area (TPSA) is 38.7 Å². The molecule has 3 nitrogen and oxygen atoms in total. The minimum absolute atomic E-state index is 0.0706. The first-order chi connectivity index (χ1) is 6.07. The molecule has 0 aromatic heterocycles. The van der Waals surface area contributed by atoms with Gasteiger partial charge < -0.3 is 14.6 Å². The van der Waals surface area contributed by atoms with E-state index in [9.17, 15) is 5.11 Å². The van der Waals surface area contributed by atoms with Crippen molar-refractivity contribution >= 4 is 0 Å². The molecule has 3 aliphatic rings. The van der Waals surface area contributed by atoms with Crippen LogP contribution in [0.1, 0.15) is 26.7 Å². The molecule has 0 radical (unpaired) electrons. The highest BCUT2D eigenvalue weighted by molar-refractivity contribution is 5.05. The van der Waals surface area contributed by atoms with Crippen molar-refractivity contribution in [2.24, 2.45) is 11.8 Å². The Balaban J connectivity index is 1.82. The van der Waals surface area contributed by atoms with Gasteiger partial charge in [-0.1, -0.05) is 0 Å². The van der Waals surface area contributed by atoms with Crippen LogP contribution in [0.5, 0.6) is 0 Å². The van der Waals surface area contributed by atoms with Gasteiger partial charge in [0, 0.05) is 0 Å². The third-order valence-electron chi connectivity index (χ3n) is 3.51. The van der Waals surface area contributed by atoms with Crippen LogP contribution in [-0.2, 0) is 9.47 Å². The maximum Gasteiger partial charge on any atom is 0.163 e. The highest BCUT2D eigenvalue weighted by Gasteiger charge is 2.58. The van der Waals surface area contributed by atoms with Crippen molar-refractivity contribution in [3.05, 3.63) is 0 Å². The third kappa shape index (κ3) is 1.14. The van der Waals surface area contributed by atoms with Crippen LogP contribution in [0, 0.1) is 11.8 Å². The molecule has 3 heteroatoms. The van der Waals surface area contributed by atoms with Crippen molar-refractivity contribution in [1.82, 2.24) is 0 Å². The molecule has 0 amide bonds. The van der Waals surface area contributed by atoms with Gasteiger partial charge in [-0.2, -0.15) is 0 Å². The van der Waals surface area contributed by atoms with Gasteiger partial charge in [-0.3, -0.25) is 0 Å². The van der Waals surface area contributed by atoms with E-state index in [-0.39, 0.29) is 18.3 Å². The van der Waals surface area contributed by atoms with Gasteiger partial charge >= 0.3 is 0 Å². The number of ether oxygens (including phenoxy) is 2. The highest BCUT2D eigenvalue weighted by Crippen LogP contribution is 2.53. The molecule has 1 N–H and O–H groups in total. The van der Waals surface area contributed by atoms with E-state index in [1.54, 1.807) is 0 Å². The standard InChI is InChI=1S/C10H16O3/c1-10(2)12-7-4-5-3-6(5)8(11)9(7)13-10/h5-9,11H,3-4H2,1-2H3/t5-,6?,7?,8+,9-/m0/s1. The van der Waals surface area contributed by atoms with Crippen LogP contribution in [0.25, 0.3) is 0 Å². The molecule has 74 valence electrons. The summed E-state index contributed by atoms with van der Waals surface area (Å²) in [5, 5.41) is 9.92. The molecule has 5 atom stereocenters. The molecule has 1 heterocycles. The first-order valence-corrected chi connectivity index (χ1v) is 5.10. The van der Waals surface area contributed by atoms with Gasteiger partial charge in [0.2, 0.25) is 0 Å². The van der Waals surface area contributed by atoms with Crippen LogP contribution in [0.15, 0.2) is 0 Å². The number of hydrogen-bond donors (Lipinski definition) is 1. The van der Waals surface area contributed by atoms with Gasteiger partial charge in [-0.05, 0) is 38.5 Å². The summed E-state index contributed by atoms with van der Waals surface area (Å²) in [6.45, 7) is 3.84. The Kier molecular flexibility index (Phi) is 1.43. The number of fused-ring (bicyclic) bond motifs is 2. The Bertz CT molecular complexity index is 238. The van der Waals surface area contributed by atoms with Crippen molar-refractivity contribution in [2.45, 2.75) is 50.8 Å². The van der Waals surface area contributed by atoms with E-state index >= 15 is 0 Å². The van der Waals surface area contributed by atoms with Gasteiger partial charge in [0.15, 0.2) is 5.79 Å². The minimum atomic E-state index is -0.493. The molecular formula is C10H16O3. The molecule has 1 saturated heterocycles. The third-order valence-corrected chi connectivity index (χ3v) is 3.51. The fraction of sp³-hybridized carbons (Fsp3) is 1.00. The second-order valence-corrected chi connectivity index (χ2v) is 5.02. The molecule has 3 fully saturated rings. The second-order valence-electron chi connectivity index (χ2n) is 5.02. The van der Waals surface area contributed by atoms with Crippen molar-refractivity contribution in [1.29, 1.82) is 0 Å². The summed E-state index contributed by atoms with van der Waals surface area (Å²) in [5.74, 6) is 0.708. The van der Waals surface area contributed by atoms with Gasteiger partial charge in [0.25, 0.3) is 0 Å². The normalized spacial score (nSPS) is 57.0. The molecule has 0 bridgehead atoms. The smallest absolute Gasteiger partial charge is 0.163 e. The largest absolute Gasteiger partial charge is 0.390 e. The summed E-state index contributed by atoms with van der Waals surface area (Å²) >= 11 is 0. The van der Waals surface area contributed by atoms with Crippen LogP contribution in [0.2, 0.25) is 0 Å². The molecular weight excluding hydrogens is 168 g/mol. The summed E-state index contributed by atoms with van der Waals surface area (Å²) in [6.07, 6.45) is 2.02. The second kappa shape index (κ2) is 2.27. The molecule has 0 aromatic carbocycles. The first-order valence-electron chi connectivity index (χ1n) is 5.10. The van der Waals surface area contributed by atoms with Crippen LogP contribution in [0.3, 0.4) is 0 Å². The van der Waals surface area contributed by atoms with Crippen LogP contribution in [-0.4, -0.2) is 29.2 Å². The fourth-order valence-corrected chi connectivity index (χ4v) is 2.84. The lowest BCUT2D eigenvalue weighted by Crippen LogP contribution is -2.40. The number of hydrogen-bond acceptors (Lipinski definition) is 3. The Hall–Kier alpha value is -0.120. The number of aliphatic hydroxyl groups is 1. The van der Waals surface area contributed by atoms with Crippen molar-refractivity contribution in [3.8, 4) is 0 Å². The lowest BCUT2D eigenvalue weighted by Gasteiger charge is -2.26. The van der Waals surface area contributed by atoms with E-state index in [2.05, 4.69) is 0 Å². The van der Waals surface area contributed by atoms with Gasteiger partial charge in [-0.15, -0.1) is 0 Å². The van der Waals surface area contributed by atoms with Crippen LogP contribution < -0.4 is 0 Å². The Morgan fingerprint density at radius 3 is 2.77 bits per heavy atom. The zero-order chi connectivity index (χ0) is 9.22. The predicted octanol–water partition coefficient (Wildman–Crippen LogP) is 0.907. The summed E-state index contributed by atoms with van der Waals surface area (Å²) in [5.41, 5.74) is 0. The summed E-state index contributed by atoms with van der Waals surface area (Å²) in [4.78, 5) is 0. The molecule has 2 unspecified atom stereocenters. The fourth-order valence-electron chi connectivity index (χ4n) is 2.84. The summed E-state index contributed by atoms with van der Waals surface area (Å²) in [7, 11) is 0. The molecule has 0 spiro atoms. The van der Waals surface area contributed by atoms with E-state index < -0.39 is 5.79 Å². The maximum atomic E-state index is 9.92. The lowest BCUT2D eigenvalue weighted by atomic mass is 9.92. The monoisotopic (exact) mass is 184 g/mol. The molecule has 3 rings (SSSR count). The highest BCUT2D eigenvalue weighted by atomic mass is 16.8. The Labute approximate surface area is 78.0 Å². The van der Waals surface area contributed by atoms with E-state index in [1.165, 1.54) is 6.42 Å². The average molecular weight is 184 g/mol. The van der Waals surface area contributed by atoms with E-state index in [4.69, 9.17) is 9.47 Å². The Morgan fingerprint density at radius 1 is 1.23 bits per heavy atom. The number of aliphatic hydroxyl groups excluding tert-OH is 1. The molecule has 2 aliphatic carbocycles. The van der Waals surface area contributed by atoms with E-state index in [0.29, 0.717) is 11.8 Å². The first kappa shape index (κ1) is 8.21. The average Bonchev–Trinajstić information content (AvgIpc) is 2.69. The van der Waals surface area contributed by atoms with Crippen LogP contribution >= 0.6 is 0 Å². The van der Waals surface area contributed by atoms with Gasteiger partial charge in [-0.25, -0.2) is 0 Å². The molecule has 0 aromatic rings. The lowest BCUT2D eigenvalue weighted by molar-refractivity contribution is -0.154. The summed E-state index contributed by atoms with van der Waals surface area (Å²) < 4.78 is 11.4. The zero-order valence-electron chi connectivity index (χ0n) is 8.06. The molecule has 2 saturated carbocycles. The maximum absolute atomic E-state index is 9.92. The minimum Gasteiger partial charge on any atom is -0.390 e. The van der Waals surface area contributed by atoms with Crippen molar-refractivity contribution in [2.75, 3.05) is 0 Å². The Morgan fingerprint density at radius 2 is 2.00 bits per heavy atom. The SMILES string of the molecule is CC1(C)OC2C[C@@H]3CC3[C@@H](O)[C@H]2O1. The molecule has 13 heavy (non-hydrogen) atoms.